The van der Waals surface area contributed by atoms with Crippen LogP contribution in [0.25, 0.3) is 0 Å². The zero-order valence-electron chi connectivity index (χ0n) is 9.37. The molecule has 1 unspecified atom stereocenters. The van der Waals surface area contributed by atoms with Gasteiger partial charge in [0.25, 0.3) is 0 Å². The van der Waals surface area contributed by atoms with E-state index in [4.69, 9.17) is 10.5 Å². The van der Waals surface area contributed by atoms with E-state index in [9.17, 15) is 0 Å². The van der Waals surface area contributed by atoms with E-state index in [1.165, 1.54) is 38.9 Å². The standard InChI is InChI=1S/C11H24N2O/c1-14-8-5-11(9-12)10-13-6-3-2-4-7-13/h11H,2-10,12H2,1H3. The summed E-state index contributed by atoms with van der Waals surface area (Å²) in [5.41, 5.74) is 5.75. The first-order chi connectivity index (χ1) is 6.86. The Balaban J connectivity index is 2.16. The van der Waals surface area contributed by atoms with Crippen molar-refractivity contribution in [3.8, 4) is 0 Å². The maximum atomic E-state index is 5.75. The maximum absolute atomic E-state index is 5.75. The number of ether oxygens (including phenoxy) is 1. The molecule has 0 aliphatic carbocycles. The second-order valence-corrected chi connectivity index (χ2v) is 4.24. The average molecular weight is 200 g/mol. The first-order valence-corrected chi connectivity index (χ1v) is 5.78. The van der Waals surface area contributed by atoms with Crippen molar-refractivity contribution >= 4 is 0 Å². The summed E-state index contributed by atoms with van der Waals surface area (Å²) >= 11 is 0. The highest BCUT2D eigenvalue weighted by molar-refractivity contribution is 4.70. The van der Waals surface area contributed by atoms with Crippen LogP contribution in [0.1, 0.15) is 25.7 Å². The van der Waals surface area contributed by atoms with Gasteiger partial charge in [-0.15, -0.1) is 0 Å². The minimum Gasteiger partial charge on any atom is -0.385 e. The fourth-order valence-corrected chi connectivity index (χ4v) is 2.08. The van der Waals surface area contributed by atoms with Crippen LogP contribution >= 0.6 is 0 Å². The largest absolute Gasteiger partial charge is 0.385 e. The third-order valence-corrected chi connectivity index (χ3v) is 3.03. The predicted octanol–water partition coefficient (Wildman–Crippen LogP) is 1.08. The molecule has 0 amide bonds. The first kappa shape index (κ1) is 12.0. The first-order valence-electron chi connectivity index (χ1n) is 5.78. The van der Waals surface area contributed by atoms with Gasteiger partial charge >= 0.3 is 0 Å². The van der Waals surface area contributed by atoms with Gasteiger partial charge in [0.05, 0.1) is 0 Å². The van der Waals surface area contributed by atoms with Gasteiger partial charge in [-0.25, -0.2) is 0 Å². The molecule has 1 rings (SSSR count). The van der Waals surface area contributed by atoms with Crippen molar-refractivity contribution in [3.63, 3.8) is 0 Å². The minimum atomic E-state index is 0.619. The number of hydrogen-bond donors (Lipinski definition) is 1. The lowest BCUT2D eigenvalue weighted by Gasteiger charge is -2.29. The van der Waals surface area contributed by atoms with Gasteiger partial charge in [0, 0.05) is 20.3 Å². The van der Waals surface area contributed by atoms with Crippen molar-refractivity contribution in [2.75, 3.05) is 39.9 Å². The van der Waals surface area contributed by atoms with Gasteiger partial charge in [0.2, 0.25) is 0 Å². The number of nitrogens with zero attached hydrogens (tertiary/aromatic N) is 1. The second-order valence-electron chi connectivity index (χ2n) is 4.24. The molecule has 1 fully saturated rings. The zero-order valence-corrected chi connectivity index (χ0v) is 9.37. The zero-order chi connectivity index (χ0) is 10.2. The van der Waals surface area contributed by atoms with Gasteiger partial charge in [0.1, 0.15) is 0 Å². The molecule has 1 aliphatic rings. The molecule has 3 heteroatoms. The van der Waals surface area contributed by atoms with E-state index < -0.39 is 0 Å². The van der Waals surface area contributed by atoms with E-state index in [2.05, 4.69) is 4.90 Å². The molecule has 0 aromatic rings. The van der Waals surface area contributed by atoms with E-state index in [1.807, 2.05) is 0 Å². The quantitative estimate of drug-likeness (QED) is 0.697. The molecule has 14 heavy (non-hydrogen) atoms. The Morgan fingerprint density at radius 3 is 2.57 bits per heavy atom. The van der Waals surface area contributed by atoms with Crippen LogP contribution in [0.2, 0.25) is 0 Å². The van der Waals surface area contributed by atoms with Gasteiger partial charge < -0.3 is 15.4 Å². The smallest absolute Gasteiger partial charge is 0.0465 e. The minimum absolute atomic E-state index is 0.619. The van der Waals surface area contributed by atoms with Crippen molar-refractivity contribution in [3.05, 3.63) is 0 Å². The van der Waals surface area contributed by atoms with Crippen LogP contribution in [0.3, 0.4) is 0 Å². The topological polar surface area (TPSA) is 38.5 Å². The maximum Gasteiger partial charge on any atom is 0.0465 e. The number of rotatable bonds is 6. The summed E-state index contributed by atoms with van der Waals surface area (Å²) in [5, 5.41) is 0. The van der Waals surface area contributed by atoms with Crippen LogP contribution in [-0.2, 0) is 4.74 Å². The molecule has 1 saturated heterocycles. The molecule has 2 N–H and O–H groups in total. The molecule has 0 radical (unpaired) electrons. The van der Waals surface area contributed by atoms with Crippen LogP contribution < -0.4 is 5.73 Å². The third kappa shape index (κ3) is 4.40. The average Bonchev–Trinajstić information content (AvgIpc) is 2.25. The van der Waals surface area contributed by atoms with E-state index >= 15 is 0 Å². The van der Waals surface area contributed by atoms with E-state index in [-0.39, 0.29) is 0 Å². The highest BCUT2D eigenvalue weighted by Gasteiger charge is 2.14. The molecule has 84 valence electrons. The van der Waals surface area contributed by atoms with Gasteiger partial charge in [0.15, 0.2) is 0 Å². The van der Waals surface area contributed by atoms with Crippen LogP contribution in [-0.4, -0.2) is 44.8 Å². The summed E-state index contributed by atoms with van der Waals surface area (Å²) in [5.74, 6) is 0.619. The van der Waals surface area contributed by atoms with Crippen molar-refractivity contribution in [2.45, 2.75) is 25.7 Å². The second kappa shape index (κ2) is 7.21. The Morgan fingerprint density at radius 1 is 1.29 bits per heavy atom. The van der Waals surface area contributed by atoms with Crippen LogP contribution in [0.15, 0.2) is 0 Å². The molecule has 0 spiro atoms. The number of likely N-dealkylation sites (tertiary alicyclic amines) is 1. The van der Waals surface area contributed by atoms with E-state index in [0.717, 1.165) is 19.6 Å². The summed E-state index contributed by atoms with van der Waals surface area (Å²) in [6.07, 6.45) is 5.23. The highest BCUT2D eigenvalue weighted by Crippen LogP contribution is 2.12. The Bertz CT molecular complexity index is 135. The highest BCUT2D eigenvalue weighted by atomic mass is 16.5. The Labute approximate surface area is 87.6 Å². The Morgan fingerprint density at radius 2 is 2.00 bits per heavy atom. The summed E-state index contributed by atoms with van der Waals surface area (Å²) in [6.45, 7) is 5.34. The molecule has 3 nitrogen and oxygen atoms in total. The molecule has 1 heterocycles. The fourth-order valence-electron chi connectivity index (χ4n) is 2.08. The van der Waals surface area contributed by atoms with Gasteiger partial charge in [-0.1, -0.05) is 6.42 Å². The van der Waals surface area contributed by atoms with Crippen molar-refractivity contribution in [2.24, 2.45) is 11.7 Å². The molecule has 0 bridgehead atoms. The molecule has 1 aliphatic heterocycles. The van der Waals surface area contributed by atoms with Crippen LogP contribution in [0, 0.1) is 5.92 Å². The molecule has 0 aromatic heterocycles. The predicted molar refractivity (Wildman–Crippen MR) is 59.3 cm³/mol. The lowest BCUT2D eigenvalue weighted by molar-refractivity contribution is 0.148. The summed E-state index contributed by atoms with van der Waals surface area (Å²) in [7, 11) is 1.76. The molecule has 1 atom stereocenters. The van der Waals surface area contributed by atoms with Crippen molar-refractivity contribution in [1.29, 1.82) is 0 Å². The number of hydrogen-bond acceptors (Lipinski definition) is 3. The molecule has 0 aromatic carbocycles. The summed E-state index contributed by atoms with van der Waals surface area (Å²) in [4.78, 5) is 2.55. The van der Waals surface area contributed by atoms with E-state index in [0.29, 0.717) is 5.92 Å². The summed E-state index contributed by atoms with van der Waals surface area (Å²) in [6, 6.07) is 0. The molecule has 0 saturated carbocycles. The Hall–Kier alpha value is -0.120. The number of methoxy groups -OCH3 is 1. The summed E-state index contributed by atoms with van der Waals surface area (Å²) < 4.78 is 5.09. The molecular weight excluding hydrogens is 176 g/mol. The van der Waals surface area contributed by atoms with Crippen molar-refractivity contribution in [1.82, 2.24) is 4.90 Å². The fraction of sp³-hybridized carbons (Fsp3) is 1.00. The third-order valence-electron chi connectivity index (χ3n) is 3.03. The van der Waals surface area contributed by atoms with Gasteiger partial charge in [-0.2, -0.15) is 0 Å². The lowest BCUT2D eigenvalue weighted by atomic mass is 10.0. The Kier molecular flexibility index (Phi) is 6.15. The van der Waals surface area contributed by atoms with Crippen molar-refractivity contribution < 1.29 is 4.74 Å². The number of piperidine rings is 1. The van der Waals surface area contributed by atoms with Gasteiger partial charge in [-0.05, 0) is 44.8 Å². The van der Waals surface area contributed by atoms with E-state index in [1.54, 1.807) is 7.11 Å². The SMILES string of the molecule is COCCC(CN)CN1CCCCC1. The monoisotopic (exact) mass is 200 g/mol. The number of nitrogens with two attached hydrogens (primary N) is 1. The lowest BCUT2D eigenvalue weighted by Crippen LogP contribution is -2.36. The normalized spacial score (nSPS) is 21.0. The van der Waals surface area contributed by atoms with Crippen LogP contribution in [0.5, 0.6) is 0 Å². The van der Waals surface area contributed by atoms with Crippen LogP contribution in [0.4, 0.5) is 0 Å². The molecular formula is C11H24N2O. The van der Waals surface area contributed by atoms with Gasteiger partial charge in [-0.3, -0.25) is 0 Å².